The fourth-order valence-corrected chi connectivity index (χ4v) is 1.16. The van der Waals surface area contributed by atoms with Crippen molar-refractivity contribution in [2.45, 2.75) is 6.18 Å². The number of nitrogens with zero attached hydrogens (tertiary/aromatic N) is 4. The minimum absolute atomic E-state index is 0.205. The predicted octanol–water partition coefficient (Wildman–Crippen LogP) is 1.97. The van der Waals surface area contributed by atoms with Crippen molar-refractivity contribution in [3.63, 3.8) is 0 Å². The van der Waals surface area contributed by atoms with Gasteiger partial charge in [0.25, 0.3) is 0 Å². The molecular formula is C9H8F3N5. The van der Waals surface area contributed by atoms with E-state index in [1.807, 2.05) is 0 Å². The van der Waals surface area contributed by atoms with Gasteiger partial charge in [-0.05, 0) is 12.1 Å². The Morgan fingerprint density at radius 2 is 1.88 bits per heavy atom. The van der Waals surface area contributed by atoms with Crippen LogP contribution in [-0.4, -0.2) is 20.0 Å². The molecule has 0 aromatic carbocycles. The number of aryl methyl sites for hydroxylation is 1. The highest BCUT2D eigenvalue weighted by Crippen LogP contribution is 2.27. The van der Waals surface area contributed by atoms with Crippen LogP contribution in [0.4, 0.5) is 24.8 Å². The Morgan fingerprint density at radius 1 is 1.12 bits per heavy atom. The molecule has 0 aliphatic heterocycles. The van der Waals surface area contributed by atoms with Crippen molar-refractivity contribution in [1.29, 1.82) is 0 Å². The number of hydrogen-bond acceptors (Lipinski definition) is 4. The molecule has 0 aliphatic carbocycles. The van der Waals surface area contributed by atoms with Gasteiger partial charge in [0, 0.05) is 19.3 Å². The second-order valence-electron chi connectivity index (χ2n) is 3.30. The van der Waals surface area contributed by atoms with Crippen molar-refractivity contribution in [1.82, 2.24) is 20.0 Å². The number of nitrogens with one attached hydrogen (secondary N) is 1. The van der Waals surface area contributed by atoms with Crippen LogP contribution >= 0.6 is 0 Å². The first kappa shape index (κ1) is 11.4. The highest BCUT2D eigenvalue weighted by Gasteiger charge is 2.32. The van der Waals surface area contributed by atoms with E-state index in [2.05, 4.69) is 20.6 Å². The Kier molecular flexibility index (Phi) is 2.70. The average Bonchev–Trinajstić information content (AvgIpc) is 2.63. The smallest absolute Gasteiger partial charge is 0.322 e. The summed E-state index contributed by atoms with van der Waals surface area (Å²) in [6.45, 7) is 0. The maximum absolute atomic E-state index is 12.2. The van der Waals surface area contributed by atoms with E-state index in [1.165, 1.54) is 6.07 Å². The summed E-state index contributed by atoms with van der Waals surface area (Å²) >= 11 is 0. The molecule has 0 saturated heterocycles. The highest BCUT2D eigenvalue weighted by atomic mass is 19.4. The summed E-state index contributed by atoms with van der Waals surface area (Å²) in [4.78, 5) is 0. The number of halogens is 3. The molecule has 5 nitrogen and oxygen atoms in total. The Morgan fingerprint density at radius 3 is 2.35 bits per heavy atom. The van der Waals surface area contributed by atoms with Gasteiger partial charge in [0.05, 0.1) is 0 Å². The molecule has 2 rings (SSSR count). The molecule has 8 heteroatoms. The summed E-state index contributed by atoms with van der Waals surface area (Å²) in [6, 6.07) is 3.72. The fourth-order valence-electron chi connectivity index (χ4n) is 1.16. The second kappa shape index (κ2) is 4.04. The summed E-state index contributed by atoms with van der Waals surface area (Å²) in [6.07, 6.45) is -2.78. The normalized spacial score (nSPS) is 11.5. The summed E-state index contributed by atoms with van der Waals surface area (Å²) in [5, 5.41) is 13.2. The molecular weight excluding hydrogens is 235 g/mol. The van der Waals surface area contributed by atoms with E-state index < -0.39 is 11.9 Å². The number of hydrogen-bond donors (Lipinski definition) is 1. The van der Waals surface area contributed by atoms with Gasteiger partial charge in [0.15, 0.2) is 17.3 Å². The van der Waals surface area contributed by atoms with E-state index in [4.69, 9.17) is 0 Å². The first-order valence-corrected chi connectivity index (χ1v) is 4.63. The van der Waals surface area contributed by atoms with Gasteiger partial charge in [0.1, 0.15) is 0 Å². The van der Waals surface area contributed by atoms with Gasteiger partial charge in [-0.15, -0.1) is 10.2 Å². The van der Waals surface area contributed by atoms with E-state index >= 15 is 0 Å². The molecule has 0 radical (unpaired) electrons. The summed E-state index contributed by atoms with van der Waals surface area (Å²) in [7, 11) is 1.73. The lowest BCUT2D eigenvalue weighted by Crippen LogP contribution is -2.09. The molecule has 2 aromatic heterocycles. The molecule has 1 N–H and O–H groups in total. The number of anilines is 2. The SMILES string of the molecule is Cn1ccc(Nc2ccc(C(F)(F)F)nn2)n1. The molecule has 0 bridgehead atoms. The zero-order chi connectivity index (χ0) is 12.5. The van der Waals surface area contributed by atoms with Crippen LogP contribution in [0, 0.1) is 0 Å². The maximum Gasteiger partial charge on any atom is 0.435 e. The van der Waals surface area contributed by atoms with Gasteiger partial charge in [0.2, 0.25) is 0 Å². The van der Waals surface area contributed by atoms with Gasteiger partial charge in [-0.3, -0.25) is 4.68 Å². The van der Waals surface area contributed by atoms with Crippen molar-refractivity contribution in [2.75, 3.05) is 5.32 Å². The van der Waals surface area contributed by atoms with Crippen molar-refractivity contribution in [3.8, 4) is 0 Å². The highest BCUT2D eigenvalue weighted by molar-refractivity contribution is 5.49. The topological polar surface area (TPSA) is 55.6 Å². The predicted molar refractivity (Wildman–Crippen MR) is 53.5 cm³/mol. The Bertz CT molecular complexity index is 502. The van der Waals surface area contributed by atoms with Gasteiger partial charge < -0.3 is 5.32 Å². The monoisotopic (exact) mass is 243 g/mol. The third-order valence-electron chi connectivity index (χ3n) is 1.92. The standard InChI is InChI=1S/C9H8F3N5/c1-17-5-4-8(16-17)13-7-3-2-6(14-15-7)9(10,11)12/h2-5H,1H3,(H,13,15,16). The largest absolute Gasteiger partial charge is 0.435 e. The molecule has 0 fully saturated rings. The zero-order valence-corrected chi connectivity index (χ0v) is 8.73. The van der Waals surface area contributed by atoms with E-state index in [0.29, 0.717) is 5.82 Å². The maximum atomic E-state index is 12.2. The third kappa shape index (κ3) is 2.71. The first-order valence-electron chi connectivity index (χ1n) is 4.63. The van der Waals surface area contributed by atoms with Gasteiger partial charge in [-0.1, -0.05) is 0 Å². The molecule has 0 unspecified atom stereocenters. The Balaban J connectivity index is 2.13. The zero-order valence-electron chi connectivity index (χ0n) is 8.73. The van der Waals surface area contributed by atoms with Gasteiger partial charge in [-0.2, -0.15) is 18.3 Å². The average molecular weight is 243 g/mol. The Labute approximate surface area is 94.3 Å². The second-order valence-corrected chi connectivity index (χ2v) is 3.30. The van der Waals surface area contributed by atoms with Crippen LogP contribution in [0.1, 0.15) is 5.69 Å². The summed E-state index contributed by atoms with van der Waals surface area (Å²) in [5.74, 6) is 0.693. The van der Waals surface area contributed by atoms with Crippen LogP contribution < -0.4 is 5.32 Å². The molecule has 0 aliphatic rings. The molecule has 0 atom stereocenters. The quantitative estimate of drug-likeness (QED) is 0.876. The van der Waals surface area contributed by atoms with Crippen LogP contribution in [0.25, 0.3) is 0 Å². The van der Waals surface area contributed by atoms with Crippen molar-refractivity contribution in [2.24, 2.45) is 7.05 Å². The molecule has 0 spiro atoms. The lowest BCUT2D eigenvalue weighted by Gasteiger charge is -2.05. The van der Waals surface area contributed by atoms with Crippen LogP contribution in [-0.2, 0) is 13.2 Å². The molecule has 0 amide bonds. The molecule has 17 heavy (non-hydrogen) atoms. The van der Waals surface area contributed by atoms with Crippen molar-refractivity contribution < 1.29 is 13.2 Å². The van der Waals surface area contributed by atoms with Gasteiger partial charge in [-0.25, -0.2) is 0 Å². The van der Waals surface area contributed by atoms with Crippen LogP contribution in [0.2, 0.25) is 0 Å². The Hall–Kier alpha value is -2.12. The van der Waals surface area contributed by atoms with E-state index in [0.717, 1.165) is 6.07 Å². The van der Waals surface area contributed by atoms with Crippen molar-refractivity contribution in [3.05, 3.63) is 30.1 Å². The lowest BCUT2D eigenvalue weighted by atomic mass is 10.4. The fraction of sp³-hybridized carbons (Fsp3) is 0.222. The molecule has 90 valence electrons. The summed E-state index contributed by atoms with van der Waals surface area (Å²) < 4.78 is 38.2. The van der Waals surface area contributed by atoms with Crippen LogP contribution in [0.3, 0.4) is 0 Å². The minimum Gasteiger partial charge on any atom is -0.322 e. The van der Waals surface area contributed by atoms with E-state index in [-0.39, 0.29) is 5.82 Å². The molecule has 0 saturated carbocycles. The van der Waals surface area contributed by atoms with Gasteiger partial charge >= 0.3 is 6.18 Å². The minimum atomic E-state index is -4.48. The van der Waals surface area contributed by atoms with Crippen molar-refractivity contribution >= 4 is 11.6 Å². The van der Waals surface area contributed by atoms with Crippen LogP contribution in [0.5, 0.6) is 0 Å². The third-order valence-corrected chi connectivity index (χ3v) is 1.92. The first-order chi connectivity index (χ1) is 7.95. The number of rotatable bonds is 2. The van der Waals surface area contributed by atoms with E-state index in [9.17, 15) is 13.2 Å². The van der Waals surface area contributed by atoms with E-state index in [1.54, 1.807) is 24.0 Å². The number of aromatic nitrogens is 4. The summed E-state index contributed by atoms with van der Waals surface area (Å²) in [5.41, 5.74) is -1.02. The lowest BCUT2D eigenvalue weighted by molar-refractivity contribution is -0.141. The molecule has 2 heterocycles. The molecule has 2 aromatic rings. The van der Waals surface area contributed by atoms with Crippen LogP contribution in [0.15, 0.2) is 24.4 Å². The number of alkyl halides is 3.